The Labute approximate surface area is 190 Å². The first-order valence-electron chi connectivity index (χ1n) is 9.77. The second-order valence-corrected chi connectivity index (χ2v) is 8.33. The van der Waals surface area contributed by atoms with Crippen LogP contribution in [0.4, 0.5) is 13.2 Å². The van der Waals surface area contributed by atoms with Gasteiger partial charge in [-0.3, -0.25) is 14.6 Å². The van der Waals surface area contributed by atoms with Gasteiger partial charge in [0.05, 0.1) is 35.3 Å². The molecule has 1 aliphatic heterocycles. The molecule has 170 valence electrons. The van der Waals surface area contributed by atoms with Gasteiger partial charge in [-0.1, -0.05) is 0 Å². The summed E-state index contributed by atoms with van der Waals surface area (Å²) in [4.78, 5) is 30.8. The summed E-state index contributed by atoms with van der Waals surface area (Å²) in [6.07, 6.45) is -3.15. The van der Waals surface area contributed by atoms with Crippen LogP contribution in [0, 0.1) is 18.3 Å². The number of nitrogens with zero attached hydrogens (tertiary/aromatic N) is 5. The van der Waals surface area contributed by atoms with E-state index in [9.17, 15) is 22.8 Å². The van der Waals surface area contributed by atoms with E-state index in [0.29, 0.717) is 28.2 Å². The Kier molecular flexibility index (Phi) is 5.99. The maximum Gasteiger partial charge on any atom is 0.435 e. The number of nitrogens with one attached hydrogen (secondary N) is 1. The van der Waals surface area contributed by atoms with Crippen LogP contribution < -0.4 is 5.32 Å². The van der Waals surface area contributed by atoms with Gasteiger partial charge in [0.2, 0.25) is 5.91 Å². The highest BCUT2D eigenvalue weighted by Crippen LogP contribution is 2.30. The number of pyridine rings is 1. The number of aromatic nitrogens is 3. The number of thioether (sulfide) groups is 1. The number of alkyl halides is 3. The maximum absolute atomic E-state index is 13.0. The average Bonchev–Trinajstić information content (AvgIpc) is 3.43. The zero-order valence-electron chi connectivity index (χ0n) is 17.3. The lowest BCUT2D eigenvalue weighted by Crippen LogP contribution is -2.42. The third-order valence-corrected chi connectivity index (χ3v) is 6.16. The molecule has 3 heterocycles. The van der Waals surface area contributed by atoms with Crippen molar-refractivity contribution in [2.75, 3.05) is 18.2 Å². The summed E-state index contributed by atoms with van der Waals surface area (Å²) in [6, 6.07) is 8.62. The molecule has 1 aromatic carbocycles. The molecule has 3 aromatic rings. The Balaban J connectivity index is 1.60. The van der Waals surface area contributed by atoms with Crippen molar-refractivity contribution < 1.29 is 22.8 Å². The van der Waals surface area contributed by atoms with Crippen LogP contribution in [0.3, 0.4) is 0 Å². The summed E-state index contributed by atoms with van der Waals surface area (Å²) in [5.74, 6) is 0.00120. The Morgan fingerprint density at radius 3 is 2.79 bits per heavy atom. The van der Waals surface area contributed by atoms with E-state index >= 15 is 0 Å². The molecule has 1 atom stereocenters. The molecule has 2 amide bonds. The third-order valence-electron chi connectivity index (χ3n) is 5.14. The number of amides is 2. The van der Waals surface area contributed by atoms with Crippen LogP contribution in [0.1, 0.15) is 21.7 Å². The Bertz CT molecular complexity index is 1280. The monoisotopic (exact) mass is 474 g/mol. The number of hydrogen-bond acceptors (Lipinski definition) is 6. The summed E-state index contributed by atoms with van der Waals surface area (Å²) in [6.45, 7) is 1.22. The molecule has 8 nitrogen and oxygen atoms in total. The van der Waals surface area contributed by atoms with E-state index in [1.807, 2.05) is 0 Å². The zero-order chi connectivity index (χ0) is 23.8. The standard InChI is InChI=1S/C21H17F3N6O2S/c1-12-6-18(21(22,23)24)28-30(12)13-2-3-17-16(7-13)15(4-5-26-17)20(32)27-9-19(31)29-11-33-10-14(29)8-25/h2-7,14H,9-11H2,1H3,(H,27,32)/t14-/m1/s1. The van der Waals surface area contributed by atoms with E-state index < -0.39 is 23.8 Å². The molecule has 0 radical (unpaired) electrons. The first kappa shape index (κ1) is 22.6. The molecule has 1 aliphatic rings. The first-order valence-corrected chi connectivity index (χ1v) is 10.9. The number of nitriles is 1. The van der Waals surface area contributed by atoms with Crippen molar-refractivity contribution in [1.29, 1.82) is 5.26 Å². The molecule has 33 heavy (non-hydrogen) atoms. The molecule has 0 spiro atoms. The summed E-state index contributed by atoms with van der Waals surface area (Å²) in [5, 5.41) is 15.7. The minimum Gasteiger partial charge on any atom is -0.343 e. The quantitative estimate of drug-likeness (QED) is 0.624. The van der Waals surface area contributed by atoms with Gasteiger partial charge in [-0.2, -0.15) is 23.5 Å². The average molecular weight is 474 g/mol. The summed E-state index contributed by atoms with van der Waals surface area (Å²) < 4.78 is 40.3. The fourth-order valence-electron chi connectivity index (χ4n) is 3.49. The molecule has 0 bridgehead atoms. The summed E-state index contributed by atoms with van der Waals surface area (Å²) >= 11 is 1.46. The van der Waals surface area contributed by atoms with Gasteiger partial charge in [0.1, 0.15) is 6.04 Å². The molecule has 0 unspecified atom stereocenters. The molecule has 4 rings (SSSR count). The number of benzene rings is 1. The molecule has 1 N–H and O–H groups in total. The van der Waals surface area contributed by atoms with Crippen LogP contribution in [0.15, 0.2) is 36.5 Å². The highest BCUT2D eigenvalue weighted by atomic mass is 32.2. The lowest BCUT2D eigenvalue weighted by molar-refractivity contribution is -0.141. The molecular formula is C21H17F3N6O2S. The maximum atomic E-state index is 13.0. The molecule has 0 aliphatic carbocycles. The first-order chi connectivity index (χ1) is 15.7. The van der Waals surface area contributed by atoms with Crippen LogP contribution in [0.5, 0.6) is 0 Å². The van der Waals surface area contributed by atoms with Crippen molar-refractivity contribution in [3.05, 3.63) is 53.5 Å². The van der Waals surface area contributed by atoms with Crippen molar-refractivity contribution in [2.45, 2.75) is 19.1 Å². The highest BCUT2D eigenvalue weighted by molar-refractivity contribution is 7.99. The second kappa shape index (κ2) is 8.74. The molecule has 0 saturated carbocycles. The van der Waals surface area contributed by atoms with Crippen LogP contribution in [-0.2, 0) is 11.0 Å². The summed E-state index contributed by atoms with van der Waals surface area (Å²) in [7, 11) is 0. The number of carbonyl (C=O) groups excluding carboxylic acids is 2. The minimum atomic E-state index is -4.58. The number of aryl methyl sites for hydroxylation is 1. The van der Waals surface area contributed by atoms with Crippen molar-refractivity contribution >= 4 is 34.5 Å². The molecule has 1 fully saturated rings. The van der Waals surface area contributed by atoms with Crippen molar-refractivity contribution in [1.82, 2.24) is 25.0 Å². The van der Waals surface area contributed by atoms with E-state index in [1.165, 1.54) is 41.9 Å². The minimum absolute atomic E-state index is 0.211. The van der Waals surface area contributed by atoms with E-state index in [1.54, 1.807) is 12.1 Å². The van der Waals surface area contributed by atoms with Crippen LogP contribution in [-0.4, -0.2) is 55.7 Å². The third kappa shape index (κ3) is 4.49. The number of hydrogen-bond donors (Lipinski definition) is 1. The largest absolute Gasteiger partial charge is 0.435 e. The number of carbonyl (C=O) groups is 2. The Hall–Kier alpha value is -3.59. The number of halogens is 3. The Morgan fingerprint density at radius 1 is 1.30 bits per heavy atom. The van der Waals surface area contributed by atoms with E-state index in [-0.39, 0.29) is 23.7 Å². The van der Waals surface area contributed by atoms with Gasteiger partial charge in [0, 0.05) is 23.0 Å². The SMILES string of the molecule is Cc1cc(C(F)(F)F)nn1-c1ccc2nccc(C(=O)NCC(=O)N3CSC[C@H]3C#N)c2c1. The van der Waals surface area contributed by atoms with Crippen LogP contribution >= 0.6 is 11.8 Å². The Morgan fingerprint density at radius 2 is 2.09 bits per heavy atom. The highest BCUT2D eigenvalue weighted by Gasteiger charge is 2.34. The topological polar surface area (TPSA) is 104 Å². The lowest BCUT2D eigenvalue weighted by atomic mass is 10.1. The zero-order valence-corrected chi connectivity index (χ0v) is 18.1. The van der Waals surface area contributed by atoms with Gasteiger partial charge in [-0.05, 0) is 37.3 Å². The van der Waals surface area contributed by atoms with Crippen molar-refractivity contribution in [2.24, 2.45) is 0 Å². The second-order valence-electron chi connectivity index (χ2n) is 7.33. The molecule has 2 aromatic heterocycles. The fraction of sp³-hybridized carbons (Fsp3) is 0.286. The summed E-state index contributed by atoms with van der Waals surface area (Å²) in [5.41, 5.74) is 0.262. The predicted octanol–water partition coefficient (Wildman–Crippen LogP) is 2.90. The van der Waals surface area contributed by atoms with Gasteiger partial charge in [0.15, 0.2) is 5.69 Å². The van der Waals surface area contributed by atoms with E-state index in [0.717, 1.165) is 10.7 Å². The number of fused-ring (bicyclic) bond motifs is 1. The van der Waals surface area contributed by atoms with E-state index in [2.05, 4.69) is 21.5 Å². The van der Waals surface area contributed by atoms with Crippen LogP contribution in [0.25, 0.3) is 16.6 Å². The molecule has 1 saturated heterocycles. The molecule has 12 heteroatoms. The lowest BCUT2D eigenvalue weighted by Gasteiger charge is -2.18. The van der Waals surface area contributed by atoms with Crippen LogP contribution in [0.2, 0.25) is 0 Å². The van der Waals surface area contributed by atoms with Gasteiger partial charge in [0.25, 0.3) is 5.91 Å². The van der Waals surface area contributed by atoms with Crippen molar-refractivity contribution in [3.8, 4) is 11.8 Å². The van der Waals surface area contributed by atoms with Gasteiger partial charge >= 0.3 is 6.18 Å². The molecular weight excluding hydrogens is 457 g/mol. The smallest absolute Gasteiger partial charge is 0.343 e. The van der Waals surface area contributed by atoms with E-state index in [4.69, 9.17) is 5.26 Å². The number of rotatable bonds is 4. The normalized spacial score (nSPS) is 16.1. The predicted molar refractivity (Wildman–Crippen MR) is 115 cm³/mol. The fourth-order valence-corrected chi connectivity index (χ4v) is 4.59. The van der Waals surface area contributed by atoms with Gasteiger partial charge < -0.3 is 10.2 Å². The van der Waals surface area contributed by atoms with Crippen molar-refractivity contribution in [3.63, 3.8) is 0 Å². The van der Waals surface area contributed by atoms with Gasteiger partial charge in [-0.25, -0.2) is 4.68 Å². The van der Waals surface area contributed by atoms with Gasteiger partial charge in [-0.15, -0.1) is 11.8 Å².